The van der Waals surface area contributed by atoms with Crippen LogP contribution in [0.5, 0.6) is 0 Å². The summed E-state index contributed by atoms with van der Waals surface area (Å²) in [5.74, 6) is -0.160. The molecule has 0 spiro atoms. The highest BCUT2D eigenvalue weighted by Crippen LogP contribution is 2.17. The number of amides is 1. The second kappa shape index (κ2) is 8.07. The van der Waals surface area contributed by atoms with E-state index in [1.165, 1.54) is 13.1 Å². The Balaban J connectivity index is 1.65. The molecule has 0 atom stereocenters. The Bertz CT molecular complexity index is 906. The Kier molecular flexibility index (Phi) is 5.39. The van der Waals surface area contributed by atoms with E-state index in [0.717, 1.165) is 11.3 Å². The molecule has 1 aromatic heterocycles. The van der Waals surface area contributed by atoms with Crippen LogP contribution >= 0.6 is 0 Å². The van der Waals surface area contributed by atoms with E-state index >= 15 is 0 Å². The molecule has 1 amide bonds. The molecule has 26 heavy (non-hydrogen) atoms. The van der Waals surface area contributed by atoms with E-state index in [4.69, 9.17) is 0 Å². The lowest BCUT2D eigenvalue weighted by Gasteiger charge is -2.09. The average molecular weight is 345 g/mol. The number of aromatic nitrogens is 1. The summed E-state index contributed by atoms with van der Waals surface area (Å²) in [5.41, 5.74) is 3.69. The number of ketones is 1. The Morgan fingerprint density at radius 1 is 0.885 bits per heavy atom. The van der Waals surface area contributed by atoms with Crippen LogP contribution in [0.25, 0.3) is 0 Å². The molecule has 3 rings (SSSR count). The van der Waals surface area contributed by atoms with Crippen molar-refractivity contribution in [3.63, 3.8) is 0 Å². The van der Waals surface area contributed by atoms with Crippen LogP contribution in [-0.2, 0) is 6.54 Å². The van der Waals surface area contributed by atoms with Crippen LogP contribution in [0, 0.1) is 0 Å². The predicted octanol–water partition coefficient (Wildman–Crippen LogP) is 3.96. The number of Topliss-reactive ketones (excluding diaryl/α,β-unsaturated/α-hetero) is 1. The van der Waals surface area contributed by atoms with Gasteiger partial charge in [0.05, 0.1) is 17.4 Å². The van der Waals surface area contributed by atoms with Gasteiger partial charge < -0.3 is 10.6 Å². The standard InChI is InChI=1S/C21H19N3O2/c1-15(25)17-7-9-19(10-8-17)24-20-11-18(13-22-14-20)21(26)23-12-16-5-3-2-4-6-16/h2-11,13-14,24H,12H2,1H3,(H,23,26). The minimum Gasteiger partial charge on any atom is -0.354 e. The number of hydrogen-bond acceptors (Lipinski definition) is 4. The summed E-state index contributed by atoms with van der Waals surface area (Å²) in [4.78, 5) is 27.8. The van der Waals surface area contributed by atoms with Crippen molar-refractivity contribution < 1.29 is 9.59 Å². The lowest BCUT2D eigenvalue weighted by molar-refractivity contribution is 0.0949. The number of rotatable bonds is 6. The molecule has 0 aliphatic heterocycles. The molecular weight excluding hydrogens is 326 g/mol. The van der Waals surface area contributed by atoms with Gasteiger partial charge in [-0.1, -0.05) is 30.3 Å². The fourth-order valence-electron chi connectivity index (χ4n) is 2.47. The maximum absolute atomic E-state index is 12.3. The maximum Gasteiger partial charge on any atom is 0.253 e. The lowest BCUT2D eigenvalue weighted by atomic mass is 10.1. The third-order valence-electron chi connectivity index (χ3n) is 3.88. The number of benzene rings is 2. The lowest BCUT2D eigenvalue weighted by Crippen LogP contribution is -2.22. The van der Waals surface area contributed by atoms with Crippen LogP contribution in [0.2, 0.25) is 0 Å². The molecule has 5 heteroatoms. The molecule has 5 nitrogen and oxygen atoms in total. The van der Waals surface area contributed by atoms with Gasteiger partial charge in [0.25, 0.3) is 5.91 Å². The van der Waals surface area contributed by atoms with E-state index in [2.05, 4.69) is 15.6 Å². The van der Waals surface area contributed by atoms with Gasteiger partial charge in [-0.3, -0.25) is 14.6 Å². The molecule has 0 aliphatic rings. The normalized spacial score (nSPS) is 10.2. The number of hydrogen-bond donors (Lipinski definition) is 2. The van der Waals surface area contributed by atoms with Gasteiger partial charge in [-0.25, -0.2) is 0 Å². The van der Waals surface area contributed by atoms with Crippen LogP contribution in [0.15, 0.2) is 73.1 Å². The van der Waals surface area contributed by atoms with Crippen LogP contribution in [0.1, 0.15) is 33.2 Å². The van der Waals surface area contributed by atoms with E-state index < -0.39 is 0 Å². The zero-order valence-corrected chi connectivity index (χ0v) is 14.4. The first kappa shape index (κ1) is 17.4. The van der Waals surface area contributed by atoms with E-state index in [1.807, 2.05) is 42.5 Å². The van der Waals surface area contributed by atoms with Crippen LogP contribution in [0.3, 0.4) is 0 Å². The molecule has 0 radical (unpaired) electrons. The van der Waals surface area contributed by atoms with Crippen molar-refractivity contribution in [3.8, 4) is 0 Å². The molecule has 0 saturated heterocycles. The Morgan fingerprint density at radius 2 is 1.62 bits per heavy atom. The van der Waals surface area contributed by atoms with Gasteiger partial charge in [0.1, 0.15) is 0 Å². The second-order valence-electron chi connectivity index (χ2n) is 5.89. The fourth-order valence-corrected chi connectivity index (χ4v) is 2.47. The molecule has 0 bridgehead atoms. The summed E-state index contributed by atoms with van der Waals surface area (Å²) >= 11 is 0. The Hall–Kier alpha value is -3.47. The van der Waals surface area contributed by atoms with E-state index in [9.17, 15) is 9.59 Å². The number of anilines is 2. The van der Waals surface area contributed by atoms with Gasteiger partial charge in [0.2, 0.25) is 0 Å². The molecule has 130 valence electrons. The summed E-state index contributed by atoms with van der Waals surface area (Å²) in [6.45, 7) is 1.99. The highest BCUT2D eigenvalue weighted by Gasteiger charge is 2.07. The SMILES string of the molecule is CC(=O)c1ccc(Nc2cncc(C(=O)NCc3ccccc3)c2)cc1. The molecule has 2 aromatic carbocycles. The van der Waals surface area contributed by atoms with Crippen LogP contribution in [0.4, 0.5) is 11.4 Å². The van der Waals surface area contributed by atoms with Gasteiger partial charge in [0.15, 0.2) is 5.78 Å². The van der Waals surface area contributed by atoms with Gasteiger partial charge >= 0.3 is 0 Å². The van der Waals surface area contributed by atoms with E-state index in [-0.39, 0.29) is 11.7 Å². The summed E-state index contributed by atoms with van der Waals surface area (Å²) in [5, 5.41) is 6.07. The maximum atomic E-state index is 12.3. The molecule has 0 saturated carbocycles. The van der Waals surface area contributed by atoms with Gasteiger partial charge in [0, 0.05) is 24.0 Å². The highest BCUT2D eigenvalue weighted by atomic mass is 16.1. The quantitative estimate of drug-likeness (QED) is 0.664. The molecule has 0 fully saturated rings. The number of nitrogens with zero attached hydrogens (tertiary/aromatic N) is 1. The minimum absolute atomic E-state index is 0.0234. The van der Waals surface area contributed by atoms with Crippen molar-refractivity contribution >= 4 is 23.1 Å². The van der Waals surface area contributed by atoms with Gasteiger partial charge in [-0.05, 0) is 42.8 Å². The Morgan fingerprint density at radius 3 is 2.31 bits per heavy atom. The zero-order valence-electron chi connectivity index (χ0n) is 14.4. The first-order valence-electron chi connectivity index (χ1n) is 8.27. The monoisotopic (exact) mass is 345 g/mol. The van der Waals surface area contributed by atoms with Crippen LogP contribution < -0.4 is 10.6 Å². The molecule has 3 aromatic rings. The van der Waals surface area contributed by atoms with Gasteiger partial charge in [-0.2, -0.15) is 0 Å². The summed E-state index contributed by atoms with van der Waals surface area (Å²) < 4.78 is 0. The van der Waals surface area contributed by atoms with Crippen molar-refractivity contribution in [3.05, 3.63) is 89.7 Å². The summed E-state index contributed by atoms with van der Waals surface area (Å²) in [6.07, 6.45) is 3.18. The molecular formula is C21H19N3O2. The second-order valence-corrected chi connectivity index (χ2v) is 5.89. The van der Waals surface area contributed by atoms with E-state index in [1.54, 1.807) is 24.4 Å². The van der Waals surface area contributed by atoms with E-state index in [0.29, 0.717) is 23.4 Å². The summed E-state index contributed by atoms with van der Waals surface area (Å²) in [6, 6.07) is 18.6. The fraction of sp³-hybridized carbons (Fsp3) is 0.0952. The van der Waals surface area contributed by atoms with Crippen LogP contribution in [-0.4, -0.2) is 16.7 Å². The highest BCUT2D eigenvalue weighted by molar-refractivity contribution is 5.95. The molecule has 0 aliphatic carbocycles. The number of carbonyl (C=O) groups excluding carboxylic acids is 2. The number of nitrogens with one attached hydrogen (secondary N) is 2. The average Bonchev–Trinajstić information content (AvgIpc) is 2.67. The third kappa shape index (κ3) is 4.54. The largest absolute Gasteiger partial charge is 0.354 e. The number of pyridine rings is 1. The van der Waals surface area contributed by atoms with Crippen molar-refractivity contribution in [2.75, 3.05) is 5.32 Å². The first-order chi connectivity index (χ1) is 12.6. The van der Waals surface area contributed by atoms with Gasteiger partial charge in [-0.15, -0.1) is 0 Å². The van der Waals surface area contributed by atoms with Crippen molar-refractivity contribution in [1.29, 1.82) is 0 Å². The van der Waals surface area contributed by atoms with Crippen molar-refractivity contribution in [2.24, 2.45) is 0 Å². The predicted molar refractivity (Wildman–Crippen MR) is 102 cm³/mol. The van der Waals surface area contributed by atoms with Crippen molar-refractivity contribution in [2.45, 2.75) is 13.5 Å². The Labute approximate surface area is 152 Å². The smallest absolute Gasteiger partial charge is 0.253 e. The minimum atomic E-state index is -0.183. The molecule has 0 unspecified atom stereocenters. The topological polar surface area (TPSA) is 71.1 Å². The first-order valence-corrected chi connectivity index (χ1v) is 8.27. The van der Waals surface area contributed by atoms with Crippen molar-refractivity contribution in [1.82, 2.24) is 10.3 Å². The molecule has 2 N–H and O–H groups in total. The third-order valence-corrected chi connectivity index (χ3v) is 3.88. The zero-order chi connectivity index (χ0) is 18.4. The molecule has 1 heterocycles. The number of carbonyl (C=O) groups is 2. The summed E-state index contributed by atoms with van der Waals surface area (Å²) in [7, 11) is 0.